The van der Waals surface area contributed by atoms with Gasteiger partial charge >= 0.3 is 6.18 Å². The van der Waals surface area contributed by atoms with Crippen LogP contribution >= 0.6 is 0 Å². The van der Waals surface area contributed by atoms with Gasteiger partial charge in [0.25, 0.3) is 0 Å². The number of benzene rings is 1. The quantitative estimate of drug-likeness (QED) is 0.746. The number of rotatable bonds is 7. The summed E-state index contributed by atoms with van der Waals surface area (Å²) in [5.74, 6) is -0.934. The highest BCUT2D eigenvalue weighted by molar-refractivity contribution is 7.89. The molecule has 1 fully saturated rings. The number of methoxy groups -OCH3 is 1. The summed E-state index contributed by atoms with van der Waals surface area (Å²) in [4.78, 5) is 11.6. The Labute approximate surface area is 155 Å². The molecule has 7 nitrogen and oxygen atoms in total. The van der Waals surface area contributed by atoms with Crippen LogP contribution in [0, 0.1) is 0 Å². The number of sulfonamides is 1. The topological polar surface area (TPSA) is 84.9 Å². The van der Waals surface area contributed by atoms with Crippen molar-refractivity contribution in [3.63, 3.8) is 0 Å². The summed E-state index contributed by atoms with van der Waals surface area (Å²) in [7, 11) is -2.54. The molecule has 1 amide bonds. The minimum Gasteiger partial charge on any atom is -0.482 e. The van der Waals surface area contributed by atoms with Gasteiger partial charge in [-0.05, 0) is 31.0 Å². The van der Waals surface area contributed by atoms with Gasteiger partial charge in [-0.15, -0.1) is 0 Å². The van der Waals surface area contributed by atoms with E-state index in [1.54, 1.807) is 0 Å². The van der Waals surface area contributed by atoms with Crippen molar-refractivity contribution in [1.82, 2.24) is 4.31 Å². The van der Waals surface area contributed by atoms with Crippen LogP contribution in [0.4, 0.5) is 18.9 Å². The largest absolute Gasteiger partial charge is 0.482 e. The number of piperidine rings is 1. The number of halogens is 3. The minimum absolute atomic E-state index is 0.128. The Kier molecular flexibility index (Phi) is 7.06. The Bertz CT molecular complexity index is 762. The third-order valence-corrected chi connectivity index (χ3v) is 5.74. The maximum atomic E-state index is 12.7. The molecule has 27 heavy (non-hydrogen) atoms. The van der Waals surface area contributed by atoms with Crippen LogP contribution in [-0.4, -0.2) is 58.2 Å². The molecule has 0 radical (unpaired) electrons. The summed E-state index contributed by atoms with van der Waals surface area (Å²) in [6.07, 6.45) is -2.16. The highest BCUT2D eigenvalue weighted by Gasteiger charge is 2.30. The molecule has 1 aromatic carbocycles. The fourth-order valence-electron chi connectivity index (χ4n) is 2.62. The van der Waals surface area contributed by atoms with Gasteiger partial charge in [-0.3, -0.25) is 4.79 Å². The van der Waals surface area contributed by atoms with Crippen molar-refractivity contribution in [2.24, 2.45) is 0 Å². The number of hydrogen-bond acceptors (Lipinski definition) is 5. The lowest BCUT2D eigenvalue weighted by atomic mass is 10.2. The molecule has 1 N–H and O–H groups in total. The number of carbonyl (C=O) groups excluding carboxylic acids is 1. The Balaban J connectivity index is 2.32. The first-order valence-electron chi connectivity index (χ1n) is 8.26. The van der Waals surface area contributed by atoms with Crippen molar-refractivity contribution < 1.29 is 35.9 Å². The predicted octanol–water partition coefficient (Wildman–Crippen LogP) is 2.39. The SMILES string of the molecule is COCC(=O)Nc1cc(S(=O)(=O)N2CCCCC2)ccc1OCC(F)(F)F. The molecule has 11 heteroatoms. The van der Waals surface area contributed by atoms with Crippen molar-refractivity contribution in [3.05, 3.63) is 18.2 Å². The zero-order valence-corrected chi connectivity index (χ0v) is 15.5. The number of alkyl halides is 3. The summed E-state index contributed by atoms with van der Waals surface area (Å²) in [5.41, 5.74) is -0.167. The van der Waals surface area contributed by atoms with Crippen molar-refractivity contribution in [1.29, 1.82) is 0 Å². The molecule has 0 aliphatic carbocycles. The number of anilines is 1. The molecule has 0 unspecified atom stereocenters. The van der Waals surface area contributed by atoms with E-state index in [4.69, 9.17) is 4.74 Å². The maximum absolute atomic E-state index is 12.7. The molecule has 0 atom stereocenters. The molecular formula is C16H21F3N2O5S. The summed E-state index contributed by atoms with van der Waals surface area (Å²) in [6.45, 7) is -1.17. The number of amides is 1. The highest BCUT2D eigenvalue weighted by Crippen LogP contribution is 2.31. The number of ether oxygens (including phenoxy) is 2. The van der Waals surface area contributed by atoms with Crippen molar-refractivity contribution in [2.75, 3.05) is 38.7 Å². The van der Waals surface area contributed by atoms with Gasteiger partial charge in [0, 0.05) is 20.2 Å². The van der Waals surface area contributed by atoms with Gasteiger partial charge in [-0.1, -0.05) is 6.42 Å². The van der Waals surface area contributed by atoms with E-state index in [0.717, 1.165) is 31.4 Å². The Morgan fingerprint density at radius 2 is 1.89 bits per heavy atom. The Morgan fingerprint density at radius 3 is 2.48 bits per heavy atom. The number of nitrogens with zero attached hydrogens (tertiary/aromatic N) is 1. The van der Waals surface area contributed by atoms with E-state index in [-0.39, 0.29) is 22.9 Å². The fourth-order valence-corrected chi connectivity index (χ4v) is 4.17. The van der Waals surface area contributed by atoms with Crippen LogP contribution in [0.5, 0.6) is 5.75 Å². The minimum atomic E-state index is -4.58. The molecule has 1 aromatic rings. The molecule has 152 valence electrons. The lowest BCUT2D eigenvalue weighted by Crippen LogP contribution is -2.35. The van der Waals surface area contributed by atoms with E-state index < -0.39 is 28.7 Å². The van der Waals surface area contributed by atoms with Crippen LogP contribution in [0.15, 0.2) is 23.1 Å². The van der Waals surface area contributed by atoms with Crippen molar-refractivity contribution in [2.45, 2.75) is 30.3 Å². The average Bonchev–Trinajstić information content (AvgIpc) is 2.60. The molecule has 0 bridgehead atoms. The number of nitrogens with one attached hydrogen (secondary N) is 1. The summed E-state index contributed by atoms with van der Waals surface area (Å²) in [5, 5.41) is 2.32. The monoisotopic (exact) mass is 410 g/mol. The molecule has 1 saturated heterocycles. The second kappa shape index (κ2) is 8.89. The zero-order chi connectivity index (χ0) is 20.1. The zero-order valence-electron chi connectivity index (χ0n) is 14.7. The van der Waals surface area contributed by atoms with E-state index >= 15 is 0 Å². The van der Waals surface area contributed by atoms with Gasteiger partial charge in [0.05, 0.1) is 10.6 Å². The first-order chi connectivity index (χ1) is 12.6. The smallest absolute Gasteiger partial charge is 0.422 e. The first kappa shape index (κ1) is 21.5. The molecule has 0 spiro atoms. The van der Waals surface area contributed by atoms with Crippen molar-refractivity contribution >= 4 is 21.6 Å². The average molecular weight is 410 g/mol. The first-order valence-corrected chi connectivity index (χ1v) is 9.70. The molecular weight excluding hydrogens is 389 g/mol. The summed E-state index contributed by atoms with van der Waals surface area (Å²) in [6, 6.07) is 3.37. The van der Waals surface area contributed by atoms with E-state index in [2.05, 4.69) is 10.1 Å². The lowest BCUT2D eigenvalue weighted by Gasteiger charge is -2.26. The molecule has 1 aliphatic heterocycles. The predicted molar refractivity (Wildman–Crippen MR) is 91.1 cm³/mol. The molecule has 2 rings (SSSR count). The fraction of sp³-hybridized carbons (Fsp3) is 0.562. The molecule has 0 aromatic heterocycles. The molecule has 1 aliphatic rings. The summed E-state index contributed by atoms with van der Waals surface area (Å²) >= 11 is 0. The third kappa shape index (κ3) is 6.08. The van der Waals surface area contributed by atoms with Gasteiger partial charge in [-0.2, -0.15) is 17.5 Å². The van der Waals surface area contributed by atoms with Gasteiger partial charge in [0.15, 0.2) is 6.61 Å². The van der Waals surface area contributed by atoms with Gasteiger partial charge in [0.1, 0.15) is 12.4 Å². The van der Waals surface area contributed by atoms with Crippen LogP contribution in [-0.2, 0) is 19.6 Å². The highest BCUT2D eigenvalue weighted by atomic mass is 32.2. The Morgan fingerprint density at radius 1 is 1.22 bits per heavy atom. The van der Waals surface area contributed by atoms with Crippen LogP contribution in [0.25, 0.3) is 0 Å². The van der Waals surface area contributed by atoms with Gasteiger partial charge in [0.2, 0.25) is 15.9 Å². The van der Waals surface area contributed by atoms with Crippen molar-refractivity contribution in [3.8, 4) is 5.75 Å². The van der Waals surface area contributed by atoms with E-state index in [1.807, 2.05) is 0 Å². The van der Waals surface area contributed by atoms with E-state index in [9.17, 15) is 26.4 Å². The van der Waals surface area contributed by atoms with E-state index in [1.165, 1.54) is 17.5 Å². The second-order valence-electron chi connectivity index (χ2n) is 6.01. The van der Waals surface area contributed by atoms with Crippen LogP contribution < -0.4 is 10.1 Å². The standard InChI is InChI=1S/C16H21F3N2O5S/c1-25-10-15(22)20-13-9-12(5-6-14(13)26-11-16(17,18)19)27(23,24)21-7-3-2-4-8-21/h5-6,9H,2-4,7-8,10-11H2,1H3,(H,20,22). The maximum Gasteiger partial charge on any atom is 0.422 e. The van der Waals surface area contributed by atoms with Gasteiger partial charge < -0.3 is 14.8 Å². The summed E-state index contributed by atoms with van der Waals surface area (Å²) < 4.78 is 73.5. The van der Waals surface area contributed by atoms with Crippen LogP contribution in [0.3, 0.4) is 0 Å². The Hall–Kier alpha value is -1.85. The normalized spacial score (nSPS) is 16.1. The number of carbonyl (C=O) groups is 1. The van der Waals surface area contributed by atoms with Crippen LogP contribution in [0.2, 0.25) is 0 Å². The van der Waals surface area contributed by atoms with E-state index in [0.29, 0.717) is 13.1 Å². The number of hydrogen-bond donors (Lipinski definition) is 1. The second-order valence-corrected chi connectivity index (χ2v) is 7.95. The van der Waals surface area contributed by atoms with Crippen LogP contribution in [0.1, 0.15) is 19.3 Å². The van der Waals surface area contributed by atoms with Gasteiger partial charge in [-0.25, -0.2) is 8.42 Å². The lowest BCUT2D eigenvalue weighted by molar-refractivity contribution is -0.153. The molecule has 0 saturated carbocycles. The third-order valence-electron chi connectivity index (χ3n) is 3.84. The molecule has 1 heterocycles.